The second-order valence-electron chi connectivity index (χ2n) is 8.93. The highest BCUT2D eigenvalue weighted by Crippen LogP contribution is 2.23. The number of hydrogen-bond donors (Lipinski definition) is 0. The average Bonchev–Trinajstić information content (AvgIpc) is 2.75. The Morgan fingerprint density at radius 1 is 0.367 bits per heavy atom. The van der Waals surface area contributed by atoms with E-state index in [4.69, 9.17) is 13.3 Å². The van der Waals surface area contributed by atoms with Crippen LogP contribution in [-0.2, 0) is 13.3 Å². The van der Waals surface area contributed by atoms with Crippen molar-refractivity contribution < 1.29 is 13.3 Å². The largest absolute Gasteiger partial charge is 0.500 e. The summed E-state index contributed by atoms with van der Waals surface area (Å²) in [5.41, 5.74) is 0. The van der Waals surface area contributed by atoms with Gasteiger partial charge in [0.25, 0.3) is 0 Å². The molecule has 4 heteroatoms. The van der Waals surface area contributed by atoms with Crippen molar-refractivity contribution in [2.24, 2.45) is 0 Å². The first kappa shape index (κ1) is 30.1. The van der Waals surface area contributed by atoms with Gasteiger partial charge >= 0.3 is 8.80 Å². The molecule has 0 radical (unpaired) electrons. The first-order valence-corrected chi connectivity index (χ1v) is 15.6. The fourth-order valence-corrected chi connectivity index (χ4v) is 6.46. The van der Waals surface area contributed by atoms with Gasteiger partial charge in [-0.25, -0.2) is 0 Å². The van der Waals surface area contributed by atoms with Crippen molar-refractivity contribution in [3.05, 3.63) is 0 Å². The third-order valence-corrected chi connectivity index (χ3v) is 8.69. The molecule has 0 aliphatic carbocycles. The van der Waals surface area contributed by atoms with E-state index < -0.39 is 8.80 Å². The van der Waals surface area contributed by atoms with Crippen LogP contribution in [0.25, 0.3) is 0 Å². The minimum atomic E-state index is -2.54. The molecule has 0 aromatic rings. The number of unbranched alkanes of at least 4 members (excludes halogenated alkanes) is 14. The van der Waals surface area contributed by atoms with E-state index in [9.17, 15) is 0 Å². The Morgan fingerprint density at radius 2 is 0.667 bits per heavy atom. The minimum absolute atomic E-state index is 0.811. The van der Waals surface area contributed by atoms with Gasteiger partial charge < -0.3 is 13.3 Å². The van der Waals surface area contributed by atoms with Crippen molar-refractivity contribution in [1.82, 2.24) is 0 Å². The summed E-state index contributed by atoms with van der Waals surface area (Å²) in [5.74, 6) is 0. The molecular weight excluding hydrogens is 388 g/mol. The van der Waals surface area contributed by atoms with Gasteiger partial charge in [-0.15, -0.1) is 0 Å². The normalized spacial score (nSPS) is 12.0. The summed E-state index contributed by atoms with van der Waals surface area (Å²) in [4.78, 5) is 0. The zero-order valence-electron chi connectivity index (χ0n) is 21.3. The fraction of sp³-hybridized carbons (Fsp3) is 1.00. The highest BCUT2D eigenvalue weighted by atomic mass is 28.4. The van der Waals surface area contributed by atoms with E-state index in [2.05, 4.69) is 27.7 Å². The van der Waals surface area contributed by atoms with Crippen LogP contribution >= 0.6 is 0 Å². The molecule has 0 saturated heterocycles. The summed E-state index contributed by atoms with van der Waals surface area (Å²) in [6.07, 6.45) is 22.7. The van der Waals surface area contributed by atoms with Crippen LogP contribution in [0.4, 0.5) is 0 Å². The predicted octanol–water partition coefficient (Wildman–Crippen LogP) is 9.08. The Kier molecular flexibility index (Phi) is 23.8. The molecule has 0 amide bonds. The number of rotatable bonds is 25. The molecular formula is C26H56O3Si. The monoisotopic (exact) mass is 444 g/mol. The van der Waals surface area contributed by atoms with Gasteiger partial charge in [-0.2, -0.15) is 0 Å². The molecule has 0 aliphatic heterocycles. The van der Waals surface area contributed by atoms with Gasteiger partial charge in [-0.3, -0.25) is 0 Å². The summed E-state index contributed by atoms with van der Waals surface area (Å²) >= 11 is 0. The van der Waals surface area contributed by atoms with Crippen LogP contribution in [0.15, 0.2) is 0 Å². The van der Waals surface area contributed by atoms with Crippen LogP contribution in [0.1, 0.15) is 143 Å². The van der Waals surface area contributed by atoms with E-state index in [1.807, 2.05) is 0 Å². The quantitative estimate of drug-likeness (QED) is 0.104. The molecule has 0 unspecified atom stereocenters. The van der Waals surface area contributed by atoms with Gasteiger partial charge in [-0.05, 0) is 25.7 Å². The Bertz CT molecular complexity index is 289. The summed E-state index contributed by atoms with van der Waals surface area (Å²) in [6.45, 7) is 11.5. The second-order valence-corrected chi connectivity index (χ2v) is 11.7. The van der Waals surface area contributed by atoms with Gasteiger partial charge in [0.2, 0.25) is 0 Å². The van der Waals surface area contributed by atoms with E-state index in [1.54, 1.807) is 0 Å². The van der Waals surface area contributed by atoms with E-state index in [1.165, 1.54) is 96.3 Å². The zero-order chi connectivity index (χ0) is 22.2. The lowest BCUT2D eigenvalue weighted by molar-refractivity contribution is 0.0546. The molecule has 3 nitrogen and oxygen atoms in total. The molecule has 0 aliphatic rings. The molecule has 0 saturated carbocycles. The number of hydrogen-bond acceptors (Lipinski definition) is 3. The lowest BCUT2D eigenvalue weighted by Crippen LogP contribution is -2.46. The van der Waals surface area contributed by atoms with Gasteiger partial charge in [0.1, 0.15) is 0 Å². The van der Waals surface area contributed by atoms with E-state index in [0.29, 0.717) is 0 Å². The molecule has 0 aromatic heterocycles. The van der Waals surface area contributed by atoms with E-state index in [-0.39, 0.29) is 0 Å². The van der Waals surface area contributed by atoms with Crippen LogP contribution in [-0.4, -0.2) is 28.6 Å². The summed E-state index contributed by atoms with van der Waals surface area (Å²) in [5, 5.41) is 0. The smallest absolute Gasteiger partial charge is 0.373 e. The zero-order valence-corrected chi connectivity index (χ0v) is 22.3. The maximum Gasteiger partial charge on any atom is 0.500 e. The fourth-order valence-electron chi connectivity index (χ4n) is 3.73. The first-order chi connectivity index (χ1) is 14.7. The van der Waals surface area contributed by atoms with Gasteiger partial charge in [0.15, 0.2) is 0 Å². The minimum Gasteiger partial charge on any atom is -0.373 e. The van der Waals surface area contributed by atoms with Crippen molar-refractivity contribution in [2.75, 3.05) is 19.8 Å². The SMILES string of the molecule is CCCCCCCC[Si](OCCCCCC)(OCCCCCC)OCCCCCC. The van der Waals surface area contributed by atoms with Crippen LogP contribution in [0, 0.1) is 0 Å². The Balaban J connectivity index is 4.69. The maximum atomic E-state index is 6.51. The summed E-state index contributed by atoms with van der Waals surface area (Å²) in [6, 6.07) is 1.01. The van der Waals surface area contributed by atoms with Gasteiger partial charge in [-0.1, -0.05) is 118 Å². The van der Waals surface area contributed by atoms with Crippen LogP contribution < -0.4 is 0 Å². The first-order valence-electron chi connectivity index (χ1n) is 13.7. The Morgan fingerprint density at radius 3 is 1.03 bits per heavy atom. The molecule has 0 spiro atoms. The highest BCUT2D eigenvalue weighted by Gasteiger charge is 2.40. The van der Waals surface area contributed by atoms with Crippen LogP contribution in [0.3, 0.4) is 0 Å². The summed E-state index contributed by atoms with van der Waals surface area (Å²) < 4.78 is 19.5. The third kappa shape index (κ3) is 18.8. The standard InChI is InChI=1S/C26H56O3Si/c1-5-9-13-17-18-22-26-30(27-23-19-14-10-6-2,28-24-20-15-11-7-3)29-25-21-16-12-8-4/h5-26H2,1-4H3. The molecule has 0 aromatic carbocycles. The molecule has 0 fully saturated rings. The highest BCUT2D eigenvalue weighted by molar-refractivity contribution is 6.60. The van der Waals surface area contributed by atoms with E-state index >= 15 is 0 Å². The van der Waals surface area contributed by atoms with Crippen molar-refractivity contribution in [3.63, 3.8) is 0 Å². The van der Waals surface area contributed by atoms with Gasteiger partial charge in [0, 0.05) is 25.9 Å². The van der Waals surface area contributed by atoms with Crippen LogP contribution in [0.5, 0.6) is 0 Å². The Hall–Kier alpha value is 0.0969. The third-order valence-electron chi connectivity index (χ3n) is 5.80. The Labute approximate surface area is 191 Å². The molecule has 0 atom stereocenters. The molecule has 0 N–H and O–H groups in total. The molecule has 182 valence electrons. The van der Waals surface area contributed by atoms with Crippen molar-refractivity contribution >= 4 is 8.80 Å². The average molecular weight is 445 g/mol. The molecule has 0 rings (SSSR count). The van der Waals surface area contributed by atoms with Crippen molar-refractivity contribution in [2.45, 2.75) is 149 Å². The molecule has 0 bridgehead atoms. The maximum absolute atomic E-state index is 6.51. The van der Waals surface area contributed by atoms with Crippen LogP contribution in [0.2, 0.25) is 6.04 Å². The lowest BCUT2D eigenvalue weighted by atomic mass is 10.1. The van der Waals surface area contributed by atoms with Crippen molar-refractivity contribution in [3.8, 4) is 0 Å². The molecule has 0 heterocycles. The van der Waals surface area contributed by atoms with Gasteiger partial charge in [0.05, 0.1) is 0 Å². The molecule has 30 heavy (non-hydrogen) atoms. The van der Waals surface area contributed by atoms with Crippen molar-refractivity contribution in [1.29, 1.82) is 0 Å². The topological polar surface area (TPSA) is 27.7 Å². The second kappa shape index (κ2) is 23.8. The predicted molar refractivity (Wildman–Crippen MR) is 134 cm³/mol. The summed E-state index contributed by atoms with van der Waals surface area (Å²) in [7, 11) is -2.54. The lowest BCUT2D eigenvalue weighted by Gasteiger charge is -2.30. The van der Waals surface area contributed by atoms with E-state index in [0.717, 1.165) is 45.1 Å².